The van der Waals surface area contributed by atoms with Gasteiger partial charge < -0.3 is 13.3 Å². The molecule has 0 atom stereocenters. The molecule has 10 heteroatoms. The zero-order valence-corrected chi connectivity index (χ0v) is 13.3. The molecule has 0 bridgehead atoms. The molecule has 0 saturated carbocycles. The highest BCUT2D eigenvalue weighted by molar-refractivity contribution is 5.91. The lowest BCUT2D eigenvalue weighted by Gasteiger charge is -1.99. The van der Waals surface area contributed by atoms with Crippen LogP contribution in [0.5, 0.6) is 0 Å². The van der Waals surface area contributed by atoms with E-state index in [1.165, 1.54) is 12.8 Å². The molecule has 0 spiro atoms. The maximum atomic E-state index is 5.99. The maximum Gasteiger partial charge on any atom is 0.266 e. The molecule has 6 aromatic heterocycles. The van der Waals surface area contributed by atoms with Crippen molar-refractivity contribution in [1.29, 1.82) is 0 Å². The Morgan fingerprint density at radius 3 is 2.74 bits per heavy atom. The third-order valence-electron chi connectivity index (χ3n) is 4.03. The standard InChI is InChI=1S/C17H6N7O3/c1-3-19-14-12(8(1)10-5-20-15-17(23-10)26-7-22-15)27-16(24-14)9-2-4-18-13-11(9)25-6-21-13/h1-3,5-7H. The van der Waals surface area contributed by atoms with Crippen molar-refractivity contribution < 1.29 is 13.3 Å². The van der Waals surface area contributed by atoms with E-state index >= 15 is 0 Å². The largest absolute Gasteiger partial charge is 0.441 e. The molecule has 127 valence electrons. The molecule has 0 saturated heterocycles. The van der Waals surface area contributed by atoms with Gasteiger partial charge in [0.1, 0.15) is 0 Å². The Balaban J connectivity index is 1.58. The summed E-state index contributed by atoms with van der Waals surface area (Å²) in [6.45, 7) is 0. The Morgan fingerprint density at radius 1 is 0.815 bits per heavy atom. The predicted octanol–water partition coefficient (Wildman–Crippen LogP) is 2.82. The van der Waals surface area contributed by atoms with Crippen molar-refractivity contribution in [2.24, 2.45) is 0 Å². The average Bonchev–Trinajstić information content (AvgIpc) is 3.44. The van der Waals surface area contributed by atoms with Gasteiger partial charge in [-0.15, -0.1) is 0 Å². The summed E-state index contributed by atoms with van der Waals surface area (Å²) in [5.74, 6) is 0.319. The summed E-state index contributed by atoms with van der Waals surface area (Å²) in [6, 6.07) is 3.39. The molecule has 0 amide bonds. The molecular weight excluding hydrogens is 350 g/mol. The minimum atomic E-state index is 0.319. The molecule has 27 heavy (non-hydrogen) atoms. The van der Waals surface area contributed by atoms with Gasteiger partial charge in [-0.2, -0.15) is 15.0 Å². The van der Waals surface area contributed by atoms with Crippen LogP contribution in [0.2, 0.25) is 0 Å². The van der Waals surface area contributed by atoms with Gasteiger partial charge in [-0.3, -0.25) is 0 Å². The Bertz CT molecular complexity index is 1450. The Kier molecular flexibility index (Phi) is 2.67. The Hall–Kier alpha value is -4.21. The van der Waals surface area contributed by atoms with Crippen molar-refractivity contribution in [2.45, 2.75) is 0 Å². The summed E-state index contributed by atoms with van der Waals surface area (Å²) in [6.07, 6.45) is 8.59. The number of nitrogens with zero attached hydrogens (tertiary/aromatic N) is 7. The lowest BCUT2D eigenvalue weighted by atomic mass is 10.2. The molecule has 0 aromatic carbocycles. The number of hydrogen-bond acceptors (Lipinski definition) is 10. The van der Waals surface area contributed by atoms with Crippen LogP contribution in [0.4, 0.5) is 0 Å². The van der Waals surface area contributed by atoms with Gasteiger partial charge in [-0.25, -0.2) is 19.9 Å². The molecule has 6 aromatic rings. The van der Waals surface area contributed by atoms with E-state index < -0.39 is 0 Å². The van der Waals surface area contributed by atoms with Crippen molar-refractivity contribution in [1.82, 2.24) is 34.9 Å². The zero-order valence-electron chi connectivity index (χ0n) is 13.3. The fourth-order valence-corrected chi connectivity index (χ4v) is 2.83. The van der Waals surface area contributed by atoms with Gasteiger partial charge in [0.25, 0.3) is 5.71 Å². The fraction of sp³-hybridized carbons (Fsp3) is 0. The van der Waals surface area contributed by atoms with E-state index in [1.54, 1.807) is 24.5 Å². The van der Waals surface area contributed by atoms with Crippen LogP contribution in [0.15, 0.2) is 50.6 Å². The van der Waals surface area contributed by atoms with Crippen LogP contribution in [-0.4, -0.2) is 34.9 Å². The predicted molar refractivity (Wildman–Crippen MR) is 90.0 cm³/mol. The van der Waals surface area contributed by atoms with Crippen LogP contribution < -0.4 is 0 Å². The van der Waals surface area contributed by atoms with Crippen LogP contribution in [0.1, 0.15) is 0 Å². The molecule has 1 radical (unpaired) electrons. The topological polar surface area (TPSA) is 130 Å². The molecule has 10 nitrogen and oxygen atoms in total. The van der Waals surface area contributed by atoms with Crippen LogP contribution >= 0.6 is 0 Å². The minimum Gasteiger partial charge on any atom is -0.441 e. The fourth-order valence-electron chi connectivity index (χ4n) is 2.83. The Morgan fingerprint density at radius 2 is 1.74 bits per heavy atom. The second kappa shape index (κ2) is 5.14. The first-order chi connectivity index (χ1) is 13.4. The zero-order chi connectivity index (χ0) is 17.8. The first-order valence-electron chi connectivity index (χ1n) is 7.79. The molecule has 0 aliphatic rings. The van der Waals surface area contributed by atoms with Crippen molar-refractivity contribution in [3.63, 3.8) is 0 Å². The van der Waals surface area contributed by atoms with Gasteiger partial charge in [-0.05, 0) is 12.1 Å². The van der Waals surface area contributed by atoms with Crippen LogP contribution in [0.25, 0.3) is 56.5 Å². The first-order valence-corrected chi connectivity index (χ1v) is 7.79. The molecule has 0 aliphatic carbocycles. The summed E-state index contributed by atoms with van der Waals surface area (Å²) < 4.78 is 16.6. The molecule has 0 aliphatic heterocycles. The highest BCUT2D eigenvalue weighted by atomic mass is 16.4. The van der Waals surface area contributed by atoms with Gasteiger partial charge in [0, 0.05) is 6.20 Å². The first kappa shape index (κ1) is 14.0. The summed E-state index contributed by atoms with van der Waals surface area (Å²) in [7, 11) is 0. The van der Waals surface area contributed by atoms with Crippen LogP contribution in [-0.2, 0) is 0 Å². The van der Waals surface area contributed by atoms with Crippen molar-refractivity contribution in [3.8, 4) is 22.7 Å². The van der Waals surface area contributed by atoms with Gasteiger partial charge in [0.15, 0.2) is 35.2 Å². The van der Waals surface area contributed by atoms with E-state index in [4.69, 9.17) is 13.3 Å². The molecule has 0 N–H and O–H groups in total. The number of fused-ring (bicyclic) bond motifs is 3. The van der Waals surface area contributed by atoms with E-state index in [2.05, 4.69) is 41.1 Å². The monoisotopic (exact) mass is 356 g/mol. The van der Waals surface area contributed by atoms with E-state index in [1.807, 2.05) is 0 Å². The molecule has 6 rings (SSSR count). The number of aromatic nitrogens is 7. The van der Waals surface area contributed by atoms with E-state index in [0.717, 1.165) is 0 Å². The number of pyridine rings is 2. The minimum absolute atomic E-state index is 0.319. The van der Waals surface area contributed by atoms with E-state index in [9.17, 15) is 0 Å². The number of oxazole rings is 3. The summed E-state index contributed by atoms with van der Waals surface area (Å²) in [4.78, 5) is 29.4. The quantitative estimate of drug-likeness (QED) is 0.456. The average molecular weight is 356 g/mol. The normalized spacial score (nSPS) is 11.7. The van der Waals surface area contributed by atoms with Crippen molar-refractivity contribution in [3.05, 3.63) is 43.5 Å². The maximum absolute atomic E-state index is 5.99. The Labute approximate surface area is 149 Å². The second-order valence-corrected chi connectivity index (χ2v) is 5.57. The lowest BCUT2D eigenvalue weighted by molar-refractivity contribution is 0.590. The van der Waals surface area contributed by atoms with E-state index in [-0.39, 0.29) is 0 Å². The van der Waals surface area contributed by atoms with Gasteiger partial charge >= 0.3 is 0 Å². The van der Waals surface area contributed by atoms with Gasteiger partial charge in [0.2, 0.25) is 11.5 Å². The van der Waals surface area contributed by atoms with Crippen LogP contribution in [0.3, 0.4) is 0 Å². The molecule has 0 unspecified atom stereocenters. The molecule has 0 fully saturated rings. The lowest BCUT2D eigenvalue weighted by Crippen LogP contribution is -1.88. The van der Waals surface area contributed by atoms with Crippen molar-refractivity contribution >= 4 is 33.8 Å². The third kappa shape index (κ3) is 2.03. The van der Waals surface area contributed by atoms with Gasteiger partial charge in [0.05, 0.1) is 29.2 Å². The van der Waals surface area contributed by atoms with Crippen LogP contribution in [0, 0.1) is 6.20 Å². The molecular formula is C17H6N7O3. The third-order valence-corrected chi connectivity index (χ3v) is 4.03. The summed E-state index contributed by atoms with van der Waals surface area (Å²) in [5, 5.41) is 0. The number of hydrogen-bond donors (Lipinski definition) is 0. The molecule has 6 heterocycles. The SMILES string of the molecule is [c]1cc(-c2nc3nccc(-c4cnc5ncoc5n4)c3o2)c2ocnc2n1. The summed E-state index contributed by atoms with van der Waals surface area (Å²) in [5.41, 5.74) is 4.35. The number of rotatable bonds is 2. The summed E-state index contributed by atoms with van der Waals surface area (Å²) >= 11 is 0. The van der Waals surface area contributed by atoms with Crippen molar-refractivity contribution in [2.75, 3.05) is 0 Å². The highest BCUT2D eigenvalue weighted by Gasteiger charge is 2.19. The highest BCUT2D eigenvalue weighted by Crippen LogP contribution is 2.32. The van der Waals surface area contributed by atoms with Gasteiger partial charge in [-0.1, -0.05) is 0 Å². The smallest absolute Gasteiger partial charge is 0.266 e. The second-order valence-electron chi connectivity index (χ2n) is 5.57. The van der Waals surface area contributed by atoms with E-state index in [0.29, 0.717) is 56.5 Å².